The van der Waals surface area contributed by atoms with Crippen molar-refractivity contribution in [2.24, 2.45) is 0 Å². The summed E-state index contributed by atoms with van der Waals surface area (Å²) in [5.41, 5.74) is 0.945. The molecular formula is C25H22FN3O3. The second-order valence-electron chi connectivity index (χ2n) is 7.66. The molecule has 3 aromatic rings. The quantitative estimate of drug-likeness (QED) is 0.564. The molecule has 0 aliphatic carbocycles. The molecule has 1 fully saturated rings. The third-order valence-corrected chi connectivity index (χ3v) is 5.46. The fourth-order valence-electron chi connectivity index (χ4n) is 3.81. The van der Waals surface area contributed by atoms with Crippen molar-refractivity contribution in [2.75, 3.05) is 6.54 Å². The predicted molar refractivity (Wildman–Crippen MR) is 117 cm³/mol. The molecule has 1 aliphatic heterocycles. The largest absolute Gasteiger partial charge is 0.350 e. The topological polar surface area (TPSA) is 78.5 Å². The van der Waals surface area contributed by atoms with Crippen molar-refractivity contribution in [1.82, 2.24) is 15.5 Å². The molecule has 4 amide bonds. The van der Waals surface area contributed by atoms with Crippen LogP contribution in [0, 0.1) is 5.82 Å². The lowest BCUT2D eigenvalue weighted by molar-refractivity contribution is -0.135. The summed E-state index contributed by atoms with van der Waals surface area (Å²) in [4.78, 5) is 39.7. The van der Waals surface area contributed by atoms with Gasteiger partial charge in [0, 0.05) is 13.0 Å². The fourth-order valence-corrected chi connectivity index (χ4v) is 3.81. The Labute approximate surface area is 185 Å². The molecule has 3 aromatic carbocycles. The molecule has 0 radical (unpaired) electrons. The monoisotopic (exact) mass is 431 g/mol. The molecule has 4 rings (SSSR count). The summed E-state index contributed by atoms with van der Waals surface area (Å²) in [6, 6.07) is 23.5. The Morgan fingerprint density at radius 3 is 2.16 bits per heavy atom. The van der Waals surface area contributed by atoms with Crippen LogP contribution in [0.1, 0.15) is 16.7 Å². The number of rotatable bonds is 7. The minimum Gasteiger partial charge on any atom is -0.350 e. The van der Waals surface area contributed by atoms with Crippen LogP contribution in [0.2, 0.25) is 0 Å². The van der Waals surface area contributed by atoms with E-state index in [2.05, 4.69) is 10.6 Å². The van der Waals surface area contributed by atoms with E-state index >= 15 is 0 Å². The summed E-state index contributed by atoms with van der Waals surface area (Å²) < 4.78 is 13.0. The zero-order chi connectivity index (χ0) is 22.6. The van der Waals surface area contributed by atoms with Crippen LogP contribution in [0.5, 0.6) is 0 Å². The highest BCUT2D eigenvalue weighted by molar-refractivity contribution is 6.09. The Morgan fingerprint density at radius 1 is 0.875 bits per heavy atom. The average molecular weight is 431 g/mol. The molecule has 0 spiro atoms. The maximum Gasteiger partial charge on any atom is 0.325 e. The summed E-state index contributed by atoms with van der Waals surface area (Å²) in [6.07, 6.45) is 0.260. The van der Waals surface area contributed by atoms with E-state index in [4.69, 9.17) is 0 Å². The number of carbonyl (C=O) groups is 3. The van der Waals surface area contributed by atoms with E-state index in [1.807, 2.05) is 36.4 Å². The molecule has 0 bridgehead atoms. The van der Waals surface area contributed by atoms with Gasteiger partial charge in [-0.3, -0.25) is 14.5 Å². The molecule has 1 unspecified atom stereocenters. The van der Waals surface area contributed by atoms with Gasteiger partial charge in [-0.1, -0.05) is 72.8 Å². The van der Waals surface area contributed by atoms with E-state index in [0.717, 1.165) is 10.5 Å². The van der Waals surface area contributed by atoms with Crippen molar-refractivity contribution in [3.63, 3.8) is 0 Å². The van der Waals surface area contributed by atoms with Gasteiger partial charge < -0.3 is 10.6 Å². The second kappa shape index (κ2) is 9.01. The standard InChI is InChI=1S/C25H22FN3O3/c26-21-13-11-19(12-14-21)16-27-22(30)17-29-23(31)25(28-24(29)32,20-9-5-2-6-10-20)15-18-7-3-1-4-8-18/h1-14H,15-17H2,(H,27,30)(H,28,32). The lowest BCUT2D eigenvalue weighted by atomic mass is 9.83. The van der Waals surface area contributed by atoms with Crippen LogP contribution in [-0.2, 0) is 28.1 Å². The van der Waals surface area contributed by atoms with Gasteiger partial charge in [0.25, 0.3) is 5.91 Å². The zero-order valence-corrected chi connectivity index (χ0v) is 17.3. The lowest BCUT2D eigenvalue weighted by Crippen LogP contribution is -2.46. The highest BCUT2D eigenvalue weighted by atomic mass is 19.1. The van der Waals surface area contributed by atoms with Gasteiger partial charge >= 0.3 is 6.03 Å². The molecule has 1 atom stereocenters. The highest BCUT2D eigenvalue weighted by Crippen LogP contribution is 2.32. The second-order valence-corrected chi connectivity index (χ2v) is 7.66. The lowest BCUT2D eigenvalue weighted by Gasteiger charge is -2.27. The van der Waals surface area contributed by atoms with Crippen molar-refractivity contribution < 1.29 is 18.8 Å². The maximum atomic E-state index is 13.5. The highest BCUT2D eigenvalue weighted by Gasteiger charge is 2.52. The molecule has 162 valence electrons. The SMILES string of the molecule is O=C(CN1C(=O)NC(Cc2ccccc2)(c2ccccc2)C1=O)NCc1ccc(F)cc1. The molecule has 6 nitrogen and oxygen atoms in total. The first-order valence-corrected chi connectivity index (χ1v) is 10.2. The number of benzene rings is 3. The fraction of sp³-hybridized carbons (Fsp3) is 0.160. The first kappa shape index (κ1) is 21.2. The third kappa shape index (κ3) is 4.37. The summed E-state index contributed by atoms with van der Waals surface area (Å²) in [6.45, 7) is -0.244. The maximum absolute atomic E-state index is 13.5. The Kier molecular flexibility index (Phi) is 5.98. The minimum absolute atomic E-state index is 0.163. The predicted octanol–water partition coefficient (Wildman–Crippen LogP) is 3.13. The molecule has 0 aromatic heterocycles. The third-order valence-electron chi connectivity index (χ3n) is 5.46. The Hall–Kier alpha value is -4.00. The number of nitrogens with one attached hydrogen (secondary N) is 2. The summed E-state index contributed by atoms with van der Waals surface area (Å²) in [5, 5.41) is 5.50. The summed E-state index contributed by atoms with van der Waals surface area (Å²) >= 11 is 0. The summed E-state index contributed by atoms with van der Waals surface area (Å²) in [5.74, 6) is -1.33. The van der Waals surface area contributed by atoms with Crippen LogP contribution in [0.25, 0.3) is 0 Å². The average Bonchev–Trinajstić information content (AvgIpc) is 3.05. The van der Waals surface area contributed by atoms with Crippen molar-refractivity contribution in [2.45, 2.75) is 18.5 Å². The van der Waals surface area contributed by atoms with E-state index in [-0.39, 0.29) is 18.8 Å². The number of amides is 4. The molecule has 32 heavy (non-hydrogen) atoms. The van der Waals surface area contributed by atoms with Gasteiger partial charge in [0.05, 0.1) is 0 Å². The van der Waals surface area contributed by atoms with Crippen molar-refractivity contribution >= 4 is 17.8 Å². The van der Waals surface area contributed by atoms with Gasteiger partial charge in [0.1, 0.15) is 12.4 Å². The molecular weight excluding hydrogens is 409 g/mol. The van der Waals surface area contributed by atoms with Gasteiger partial charge in [-0.05, 0) is 28.8 Å². The van der Waals surface area contributed by atoms with Crippen LogP contribution in [-0.4, -0.2) is 29.3 Å². The van der Waals surface area contributed by atoms with E-state index in [9.17, 15) is 18.8 Å². The van der Waals surface area contributed by atoms with Gasteiger partial charge in [0.2, 0.25) is 5.91 Å². The first-order chi connectivity index (χ1) is 15.5. The number of hydrogen-bond donors (Lipinski definition) is 2. The molecule has 2 N–H and O–H groups in total. The number of urea groups is 1. The van der Waals surface area contributed by atoms with E-state index < -0.39 is 29.9 Å². The zero-order valence-electron chi connectivity index (χ0n) is 17.3. The van der Waals surface area contributed by atoms with Crippen LogP contribution in [0.15, 0.2) is 84.9 Å². The molecule has 0 saturated carbocycles. The van der Waals surface area contributed by atoms with Crippen LogP contribution >= 0.6 is 0 Å². The van der Waals surface area contributed by atoms with Crippen molar-refractivity contribution in [3.05, 3.63) is 107 Å². The molecule has 1 heterocycles. The van der Waals surface area contributed by atoms with Crippen molar-refractivity contribution in [1.29, 1.82) is 0 Å². The van der Waals surface area contributed by atoms with Gasteiger partial charge in [-0.2, -0.15) is 0 Å². The van der Waals surface area contributed by atoms with Gasteiger partial charge in [0.15, 0.2) is 5.54 Å². The Morgan fingerprint density at radius 2 is 1.50 bits per heavy atom. The normalized spacial score (nSPS) is 17.8. The number of nitrogens with zero attached hydrogens (tertiary/aromatic N) is 1. The number of hydrogen-bond acceptors (Lipinski definition) is 3. The van der Waals surface area contributed by atoms with Crippen molar-refractivity contribution in [3.8, 4) is 0 Å². The van der Waals surface area contributed by atoms with Crippen LogP contribution in [0.4, 0.5) is 9.18 Å². The number of carbonyl (C=O) groups excluding carboxylic acids is 3. The van der Waals surface area contributed by atoms with Crippen LogP contribution < -0.4 is 10.6 Å². The Balaban J connectivity index is 1.53. The minimum atomic E-state index is -1.29. The number of imide groups is 1. The Bertz CT molecular complexity index is 1120. The smallest absolute Gasteiger partial charge is 0.325 e. The first-order valence-electron chi connectivity index (χ1n) is 10.2. The van der Waals surface area contributed by atoms with E-state index in [1.165, 1.54) is 12.1 Å². The molecule has 7 heteroatoms. The molecule has 1 saturated heterocycles. The van der Waals surface area contributed by atoms with Gasteiger partial charge in [-0.25, -0.2) is 9.18 Å². The van der Waals surface area contributed by atoms with Gasteiger partial charge in [-0.15, -0.1) is 0 Å². The summed E-state index contributed by atoms with van der Waals surface area (Å²) in [7, 11) is 0. The molecule has 1 aliphatic rings. The van der Waals surface area contributed by atoms with E-state index in [0.29, 0.717) is 11.1 Å². The number of halogens is 1. The van der Waals surface area contributed by atoms with E-state index in [1.54, 1.807) is 36.4 Å². The van der Waals surface area contributed by atoms with Crippen LogP contribution in [0.3, 0.4) is 0 Å².